The highest BCUT2D eigenvalue weighted by molar-refractivity contribution is 6.10. The number of para-hydroxylation sites is 4. The summed E-state index contributed by atoms with van der Waals surface area (Å²) in [6.07, 6.45) is 0. The molecule has 0 spiro atoms. The maximum Gasteiger partial charge on any atom is 0.0541 e. The molecule has 2 aromatic heterocycles. The first-order valence-corrected chi connectivity index (χ1v) is 17.6. The molecule has 2 nitrogen and oxygen atoms in total. The monoisotopic (exact) mass is 650 g/mol. The molecule has 51 heavy (non-hydrogen) atoms. The number of rotatable bonds is 5. The number of hydrogen-bond donors (Lipinski definition) is 0. The molecule has 2 heterocycles. The summed E-state index contributed by atoms with van der Waals surface area (Å²) in [6, 6.07) is 68.4. The molecule has 0 aliphatic carbocycles. The number of fused-ring (bicyclic) bond motifs is 6. The van der Waals surface area contributed by atoms with Crippen molar-refractivity contribution in [1.82, 2.24) is 9.13 Å². The second kappa shape index (κ2) is 11.8. The molecule has 0 radical (unpaired) electrons. The lowest BCUT2D eigenvalue weighted by molar-refractivity contribution is 1.15. The number of benzene rings is 8. The van der Waals surface area contributed by atoms with Crippen LogP contribution in [0.15, 0.2) is 188 Å². The van der Waals surface area contributed by atoms with Gasteiger partial charge in [0, 0.05) is 32.9 Å². The molecular weight excluding hydrogens is 617 g/mol. The zero-order valence-electron chi connectivity index (χ0n) is 28.3. The minimum Gasteiger partial charge on any atom is -0.309 e. The van der Waals surface area contributed by atoms with Crippen molar-refractivity contribution < 1.29 is 0 Å². The molecule has 0 bridgehead atoms. The van der Waals surface area contributed by atoms with E-state index in [0.29, 0.717) is 0 Å². The minimum atomic E-state index is 1.17. The van der Waals surface area contributed by atoms with Crippen LogP contribution in [-0.2, 0) is 0 Å². The summed E-state index contributed by atoms with van der Waals surface area (Å²) in [5, 5.41) is 5.14. The zero-order valence-corrected chi connectivity index (χ0v) is 28.3. The van der Waals surface area contributed by atoms with Gasteiger partial charge in [-0.2, -0.15) is 0 Å². The first kappa shape index (κ1) is 29.3. The molecule has 0 saturated carbocycles. The normalized spacial score (nSPS) is 11.6. The van der Waals surface area contributed by atoms with Gasteiger partial charge >= 0.3 is 0 Å². The lowest BCUT2D eigenvalue weighted by Crippen LogP contribution is -1.97. The molecule has 2 heteroatoms. The van der Waals surface area contributed by atoms with Crippen LogP contribution in [0.2, 0.25) is 0 Å². The summed E-state index contributed by atoms with van der Waals surface area (Å²) in [4.78, 5) is 0. The maximum atomic E-state index is 2.40. The Morgan fingerprint density at radius 3 is 1.00 bits per heavy atom. The van der Waals surface area contributed by atoms with Crippen molar-refractivity contribution in [1.29, 1.82) is 0 Å². The van der Waals surface area contributed by atoms with Gasteiger partial charge in [-0.1, -0.05) is 140 Å². The minimum absolute atomic E-state index is 1.17. The van der Waals surface area contributed by atoms with Crippen molar-refractivity contribution in [2.75, 3.05) is 0 Å². The van der Waals surface area contributed by atoms with E-state index in [2.05, 4.69) is 204 Å². The Bertz CT molecular complexity index is 2780. The van der Waals surface area contributed by atoms with Crippen LogP contribution >= 0.6 is 0 Å². The van der Waals surface area contributed by atoms with Crippen LogP contribution in [0.25, 0.3) is 88.4 Å². The standard InChI is InChI=1S/C49H34N2/c1-33-32-39(28-31-45(33)51-48-16-8-4-12-43(48)44-13-5-9-17-49(44)51)38-24-22-35(23-25-38)34-18-20-36(21-19-34)37-26-29-40(30-27-37)50-46-14-6-2-10-41(46)42-11-3-7-15-47(42)50/h2-32H,1H3. The van der Waals surface area contributed by atoms with Crippen LogP contribution < -0.4 is 0 Å². The van der Waals surface area contributed by atoms with Gasteiger partial charge in [-0.3, -0.25) is 0 Å². The van der Waals surface area contributed by atoms with Gasteiger partial charge in [0.15, 0.2) is 0 Å². The predicted octanol–water partition coefficient (Wildman–Crippen LogP) is 13.2. The zero-order chi connectivity index (χ0) is 33.9. The second-order valence-corrected chi connectivity index (χ2v) is 13.4. The van der Waals surface area contributed by atoms with Gasteiger partial charge in [-0.15, -0.1) is 0 Å². The Hall–Kier alpha value is -6.64. The quantitative estimate of drug-likeness (QED) is 0.175. The first-order chi connectivity index (χ1) is 25.2. The van der Waals surface area contributed by atoms with E-state index < -0.39 is 0 Å². The third-order valence-electron chi connectivity index (χ3n) is 10.5. The van der Waals surface area contributed by atoms with Gasteiger partial charge in [0.2, 0.25) is 0 Å². The van der Waals surface area contributed by atoms with E-state index in [0.717, 1.165) is 0 Å². The lowest BCUT2D eigenvalue weighted by Gasteiger charge is -2.13. The summed E-state index contributed by atoms with van der Waals surface area (Å²) < 4.78 is 4.76. The molecule has 0 fully saturated rings. The van der Waals surface area contributed by atoms with Crippen LogP contribution in [-0.4, -0.2) is 9.13 Å². The molecule has 0 amide bonds. The highest BCUT2D eigenvalue weighted by Crippen LogP contribution is 2.36. The fourth-order valence-corrected chi connectivity index (χ4v) is 7.98. The van der Waals surface area contributed by atoms with E-state index in [4.69, 9.17) is 0 Å². The third-order valence-corrected chi connectivity index (χ3v) is 10.5. The predicted molar refractivity (Wildman–Crippen MR) is 216 cm³/mol. The second-order valence-electron chi connectivity index (χ2n) is 13.4. The Balaban J connectivity index is 0.906. The Morgan fingerprint density at radius 1 is 0.294 bits per heavy atom. The van der Waals surface area contributed by atoms with Crippen LogP contribution in [0, 0.1) is 6.92 Å². The van der Waals surface area contributed by atoms with Crippen LogP contribution in [0.5, 0.6) is 0 Å². The molecule has 0 saturated heterocycles. The molecule has 0 aliphatic rings. The van der Waals surface area contributed by atoms with Crippen molar-refractivity contribution in [2.45, 2.75) is 6.92 Å². The number of nitrogens with zero attached hydrogens (tertiary/aromatic N) is 2. The van der Waals surface area contributed by atoms with Crippen LogP contribution in [0.4, 0.5) is 0 Å². The fraction of sp³-hybridized carbons (Fsp3) is 0.0204. The SMILES string of the molecule is Cc1cc(-c2ccc(-c3ccc(-c4ccc(-n5c6ccccc6c6ccccc65)cc4)cc3)cc2)ccc1-n1c2ccccc2c2ccccc21. The van der Waals surface area contributed by atoms with Crippen molar-refractivity contribution in [3.63, 3.8) is 0 Å². The molecular formula is C49H34N2. The van der Waals surface area contributed by atoms with Gasteiger partial charge in [0.25, 0.3) is 0 Å². The Morgan fingerprint density at radius 2 is 0.608 bits per heavy atom. The highest BCUT2D eigenvalue weighted by atomic mass is 15.0. The van der Waals surface area contributed by atoms with E-state index in [1.165, 1.54) is 93.9 Å². The molecule has 10 rings (SSSR count). The molecule has 0 unspecified atom stereocenters. The largest absolute Gasteiger partial charge is 0.309 e. The van der Waals surface area contributed by atoms with Crippen molar-refractivity contribution in [3.8, 4) is 44.8 Å². The lowest BCUT2D eigenvalue weighted by atomic mass is 9.97. The number of aryl methyl sites for hydroxylation is 1. The van der Waals surface area contributed by atoms with Gasteiger partial charge < -0.3 is 9.13 Å². The Labute approximate surface area is 297 Å². The summed E-state index contributed by atoms with van der Waals surface area (Å²) >= 11 is 0. The molecule has 10 aromatic rings. The van der Waals surface area contributed by atoms with Gasteiger partial charge in [0.1, 0.15) is 0 Å². The van der Waals surface area contributed by atoms with Crippen LogP contribution in [0.1, 0.15) is 5.56 Å². The van der Waals surface area contributed by atoms with E-state index in [-0.39, 0.29) is 0 Å². The van der Waals surface area contributed by atoms with Crippen LogP contribution in [0.3, 0.4) is 0 Å². The summed E-state index contributed by atoms with van der Waals surface area (Å²) in [7, 11) is 0. The van der Waals surface area contributed by atoms with Gasteiger partial charge in [-0.05, 0) is 94.4 Å². The highest BCUT2D eigenvalue weighted by Gasteiger charge is 2.14. The van der Waals surface area contributed by atoms with Gasteiger partial charge in [-0.25, -0.2) is 0 Å². The van der Waals surface area contributed by atoms with E-state index >= 15 is 0 Å². The van der Waals surface area contributed by atoms with E-state index in [9.17, 15) is 0 Å². The number of aromatic nitrogens is 2. The average molecular weight is 651 g/mol. The Kier molecular flexibility index (Phi) is 6.75. The molecule has 0 atom stereocenters. The third kappa shape index (κ3) is 4.80. The first-order valence-electron chi connectivity index (χ1n) is 17.6. The van der Waals surface area contributed by atoms with Crippen molar-refractivity contribution in [2.24, 2.45) is 0 Å². The molecule has 240 valence electrons. The van der Waals surface area contributed by atoms with Crippen molar-refractivity contribution >= 4 is 43.6 Å². The summed E-state index contributed by atoms with van der Waals surface area (Å²) in [6.45, 7) is 2.22. The fourth-order valence-electron chi connectivity index (χ4n) is 7.98. The summed E-state index contributed by atoms with van der Waals surface area (Å²) in [5.74, 6) is 0. The molecule has 0 N–H and O–H groups in total. The molecule has 0 aliphatic heterocycles. The average Bonchev–Trinajstić information content (AvgIpc) is 3.71. The summed E-state index contributed by atoms with van der Waals surface area (Å²) in [5.41, 5.74) is 15.9. The van der Waals surface area contributed by atoms with Gasteiger partial charge in [0.05, 0.1) is 22.1 Å². The van der Waals surface area contributed by atoms with E-state index in [1.807, 2.05) is 0 Å². The molecule has 8 aromatic carbocycles. The van der Waals surface area contributed by atoms with Crippen molar-refractivity contribution in [3.05, 3.63) is 194 Å². The smallest absolute Gasteiger partial charge is 0.0541 e. The topological polar surface area (TPSA) is 9.86 Å². The maximum absolute atomic E-state index is 2.40. The number of hydrogen-bond acceptors (Lipinski definition) is 0. The van der Waals surface area contributed by atoms with E-state index in [1.54, 1.807) is 0 Å².